The second kappa shape index (κ2) is 6.51. The van der Waals surface area contributed by atoms with Crippen LogP contribution in [0.4, 0.5) is 4.79 Å². The summed E-state index contributed by atoms with van der Waals surface area (Å²) >= 11 is 1.55. The number of aliphatic carboxylic acids is 1. The molecule has 1 atom stereocenters. The first kappa shape index (κ1) is 15.4. The Kier molecular flexibility index (Phi) is 5.29. The number of nitrogens with zero attached hydrogens (tertiary/aromatic N) is 2. The lowest BCUT2D eigenvalue weighted by molar-refractivity contribution is -0.141. The monoisotopic (exact) mass is 285 g/mol. The number of carbonyl (C=O) groups excluding carboxylic acids is 1. The second-order valence-corrected chi connectivity index (χ2v) is 5.81. The lowest BCUT2D eigenvalue weighted by atomic mass is 10.2. The van der Waals surface area contributed by atoms with Gasteiger partial charge >= 0.3 is 12.0 Å². The second-order valence-electron chi connectivity index (χ2n) is 4.52. The van der Waals surface area contributed by atoms with E-state index in [1.807, 2.05) is 13.8 Å². The lowest BCUT2D eigenvalue weighted by Gasteiger charge is -2.19. The van der Waals surface area contributed by atoms with Gasteiger partial charge in [0, 0.05) is 18.5 Å². The third-order valence-corrected chi connectivity index (χ3v) is 3.79. The van der Waals surface area contributed by atoms with Crippen LogP contribution in [0.15, 0.2) is 0 Å². The number of aryl methyl sites for hydroxylation is 2. The molecule has 6 nitrogen and oxygen atoms in total. The van der Waals surface area contributed by atoms with Crippen LogP contribution in [0.2, 0.25) is 0 Å². The van der Waals surface area contributed by atoms with Gasteiger partial charge in [-0.1, -0.05) is 6.92 Å². The number of hydrogen-bond donors (Lipinski definition) is 2. The summed E-state index contributed by atoms with van der Waals surface area (Å²) in [5, 5.41) is 12.5. The number of urea groups is 1. The minimum absolute atomic E-state index is 0.182. The SMILES string of the molecule is Cc1nc(C)c(CNC(=O)N(C)CC(C)C(=O)O)s1. The molecule has 19 heavy (non-hydrogen) atoms. The molecule has 0 aliphatic heterocycles. The van der Waals surface area contributed by atoms with Gasteiger partial charge in [0.05, 0.1) is 23.2 Å². The predicted octanol–water partition coefficient (Wildman–Crippen LogP) is 1.62. The van der Waals surface area contributed by atoms with Gasteiger partial charge in [0.1, 0.15) is 0 Å². The average molecular weight is 285 g/mol. The van der Waals surface area contributed by atoms with Crippen molar-refractivity contribution in [3.8, 4) is 0 Å². The van der Waals surface area contributed by atoms with Crippen LogP contribution >= 0.6 is 11.3 Å². The van der Waals surface area contributed by atoms with Gasteiger partial charge in [0.15, 0.2) is 0 Å². The molecule has 0 aliphatic carbocycles. The molecule has 2 N–H and O–H groups in total. The number of carbonyl (C=O) groups is 2. The van der Waals surface area contributed by atoms with Crippen molar-refractivity contribution in [2.24, 2.45) is 5.92 Å². The maximum absolute atomic E-state index is 11.8. The fourth-order valence-corrected chi connectivity index (χ4v) is 2.48. The zero-order valence-corrected chi connectivity index (χ0v) is 12.4. The van der Waals surface area contributed by atoms with Crippen molar-refractivity contribution >= 4 is 23.3 Å². The molecule has 1 aromatic heterocycles. The van der Waals surface area contributed by atoms with E-state index >= 15 is 0 Å². The molecule has 0 aliphatic rings. The molecule has 0 saturated heterocycles. The Balaban J connectivity index is 2.47. The zero-order valence-electron chi connectivity index (χ0n) is 11.6. The van der Waals surface area contributed by atoms with Crippen molar-refractivity contribution in [3.05, 3.63) is 15.6 Å². The van der Waals surface area contributed by atoms with Crippen molar-refractivity contribution in [1.82, 2.24) is 15.2 Å². The zero-order chi connectivity index (χ0) is 14.6. The summed E-state index contributed by atoms with van der Waals surface area (Å²) < 4.78 is 0. The smallest absolute Gasteiger partial charge is 0.317 e. The molecule has 0 radical (unpaired) electrons. The average Bonchev–Trinajstić information content (AvgIpc) is 2.64. The van der Waals surface area contributed by atoms with Crippen molar-refractivity contribution in [1.29, 1.82) is 0 Å². The number of amides is 2. The molecule has 0 aromatic carbocycles. The van der Waals surface area contributed by atoms with Crippen LogP contribution in [0.1, 0.15) is 22.5 Å². The van der Waals surface area contributed by atoms with E-state index in [0.717, 1.165) is 15.6 Å². The van der Waals surface area contributed by atoms with E-state index in [1.54, 1.807) is 25.3 Å². The van der Waals surface area contributed by atoms with Gasteiger partial charge in [0.25, 0.3) is 0 Å². The summed E-state index contributed by atoms with van der Waals surface area (Å²) in [6, 6.07) is -0.279. The van der Waals surface area contributed by atoms with E-state index < -0.39 is 11.9 Å². The standard InChI is InChI=1S/C12H19N3O3S/c1-7(11(16)17)6-15(4)12(18)13-5-10-8(2)14-9(3)19-10/h7H,5-6H2,1-4H3,(H,13,18)(H,16,17). The molecule has 1 aromatic rings. The van der Waals surface area contributed by atoms with Crippen molar-refractivity contribution in [2.45, 2.75) is 27.3 Å². The number of hydrogen-bond acceptors (Lipinski definition) is 4. The molecule has 0 bridgehead atoms. The Bertz CT molecular complexity index is 473. The van der Waals surface area contributed by atoms with E-state index in [1.165, 1.54) is 4.90 Å². The Morgan fingerprint density at radius 2 is 2.11 bits per heavy atom. The first-order chi connectivity index (χ1) is 8.81. The van der Waals surface area contributed by atoms with Gasteiger partial charge in [0.2, 0.25) is 0 Å². The molecular formula is C12H19N3O3S. The highest BCUT2D eigenvalue weighted by Gasteiger charge is 2.17. The van der Waals surface area contributed by atoms with Crippen molar-refractivity contribution < 1.29 is 14.7 Å². The summed E-state index contributed by atoms with van der Waals surface area (Å²) in [4.78, 5) is 29.2. The highest BCUT2D eigenvalue weighted by molar-refractivity contribution is 7.11. The predicted molar refractivity (Wildman–Crippen MR) is 73.3 cm³/mol. The van der Waals surface area contributed by atoms with Crippen molar-refractivity contribution in [2.75, 3.05) is 13.6 Å². The first-order valence-electron chi connectivity index (χ1n) is 5.96. The molecule has 2 amide bonds. The summed E-state index contributed by atoms with van der Waals surface area (Å²) in [7, 11) is 1.58. The molecular weight excluding hydrogens is 266 g/mol. The van der Waals surface area contributed by atoms with Crippen molar-refractivity contribution in [3.63, 3.8) is 0 Å². The Hall–Kier alpha value is -1.63. The topological polar surface area (TPSA) is 82.5 Å². The van der Waals surface area contributed by atoms with E-state index in [-0.39, 0.29) is 12.6 Å². The van der Waals surface area contributed by atoms with Gasteiger partial charge in [-0.15, -0.1) is 11.3 Å². The molecule has 1 unspecified atom stereocenters. The molecule has 7 heteroatoms. The van der Waals surface area contributed by atoms with Crippen LogP contribution in [0.3, 0.4) is 0 Å². The van der Waals surface area contributed by atoms with E-state index in [9.17, 15) is 9.59 Å². The maximum atomic E-state index is 11.8. The number of thiazole rings is 1. The molecule has 0 fully saturated rings. The normalized spacial score (nSPS) is 12.0. The van der Waals surface area contributed by atoms with E-state index in [2.05, 4.69) is 10.3 Å². The number of carboxylic acids is 1. The van der Waals surface area contributed by atoms with Gasteiger partial charge in [-0.3, -0.25) is 4.79 Å². The minimum atomic E-state index is -0.909. The van der Waals surface area contributed by atoms with Crippen LogP contribution in [0.5, 0.6) is 0 Å². The van der Waals surface area contributed by atoms with E-state index in [4.69, 9.17) is 5.11 Å². The van der Waals surface area contributed by atoms with Crippen LogP contribution in [0.25, 0.3) is 0 Å². The number of carboxylic acid groups (broad SMARTS) is 1. The van der Waals surface area contributed by atoms with Gasteiger partial charge in [-0.2, -0.15) is 0 Å². The Morgan fingerprint density at radius 1 is 1.47 bits per heavy atom. The maximum Gasteiger partial charge on any atom is 0.317 e. The van der Waals surface area contributed by atoms with Crippen LogP contribution < -0.4 is 5.32 Å². The van der Waals surface area contributed by atoms with Gasteiger partial charge < -0.3 is 15.3 Å². The highest BCUT2D eigenvalue weighted by atomic mass is 32.1. The van der Waals surface area contributed by atoms with Crippen LogP contribution in [0, 0.1) is 19.8 Å². The number of rotatable bonds is 5. The number of aromatic nitrogens is 1. The summed E-state index contributed by atoms with van der Waals surface area (Å²) in [5.41, 5.74) is 0.921. The van der Waals surface area contributed by atoms with E-state index in [0.29, 0.717) is 6.54 Å². The minimum Gasteiger partial charge on any atom is -0.481 e. The summed E-state index contributed by atoms with van der Waals surface area (Å²) in [6.07, 6.45) is 0. The lowest BCUT2D eigenvalue weighted by Crippen LogP contribution is -2.40. The fraction of sp³-hybridized carbons (Fsp3) is 0.583. The molecule has 0 spiro atoms. The van der Waals surface area contributed by atoms with Gasteiger partial charge in [-0.05, 0) is 13.8 Å². The largest absolute Gasteiger partial charge is 0.481 e. The Labute approximate surface area is 116 Å². The molecule has 0 saturated carbocycles. The molecule has 106 valence electrons. The van der Waals surface area contributed by atoms with Gasteiger partial charge in [-0.25, -0.2) is 9.78 Å². The van der Waals surface area contributed by atoms with Crippen LogP contribution in [-0.2, 0) is 11.3 Å². The third kappa shape index (κ3) is 4.51. The Morgan fingerprint density at radius 3 is 2.58 bits per heavy atom. The first-order valence-corrected chi connectivity index (χ1v) is 6.77. The quantitative estimate of drug-likeness (QED) is 0.861. The summed E-state index contributed by atoms with van der Waals surface area (Å²) in [5.74, 6) is -1.49. The molecule has 1 heterocycles. The van der Waals surface area contributed by atoms with Crippen LogP contribution in [-0.4, -0.2) is 40.6 Å². The third-order valence-electron chi connectivity index (χ3n) is 2.72. The fourth-order valence-electron chi connectivity index (χ4n) is 1.60. The summed E-state index contributed by atoms with van der Waals surface area (Å²) in [6.45, 7) is 6.00. The highest BCUT2D eigenvalue weighted by Crippen LogP contribution is 2.16. The number of nitrogens with one attached hydrogen (secondary N) is 1. The molecule has 1 rings (SSSR count).